The molecule has 2 unspecified atom stereocenters. The molecule has 1 spiro atoms. The summed E-state index contributed by atoms with van der Waals surface area (Å²) in [6, 6.07) is 5.39. The van der Waals surface area contributed by atoms with E-state index in [2.05, 4.69) is 15.5 Å². The van der Waals surface area contributed by atoms with Crippen LogP contribution in [-0.2, 0) is 27.4 Å². The van der Waals surface area contributed by atoms with Crippen molar-refractivity contribution in [3.63, 3.8) is 0 Å². The number of rotatable bonds is 3. The lowest BCUT2D eigenvalue weighted by Gasteiger charge is -2.40. The second-order valence-corrected chi connectivity index (χ2v) is 8.52. The Morgan fingerprint density at radius 2 is 2.14 bits per heavy atom. The van der Waals surface area contributed by atoms with Gasteiger partial charge in [0.15, 0.2) is 0 Å². The van der Waals surface area contributed by atoms with E-state index in [0.29, 0.717) is 26.1 Å². The van der Waals surface area contributed by atoms with Gasteiger partial charge in [0, 0.05) is 44.7 Å². The van der Waals surface area contributed by atoms with Crippen molar-refractivity contribution in [2.24, 2.45) is 0 Å². The van der Waals surface area contributed by atoms with E-state index < -0.39 is 6.04 Å². The Kier molecular flexibility index (Phi) is 4.64. The lowest BCUT2D eigenvalue weighted by molar-refractivity contribution is -0.136. The van der Waals surface area contributed by atoms with Crippen molar-refractivity contribution < 1.29 is 19.1 Å². The van der Waals surface area contributed by atoms with Crippen molar-refractivity contribution in [3.05, 3.63) is 34.9 Å². The number of fused-ring (bicyclic) bond motifs is 1. The molecule has 0 aliphatic carbocycles. The molecule has 2 N–H and O–H groups in total. The summed E-state index contributed by atoms with van der Waals surface area (Å²) in [5, 5.41) is 5.75. The van der Waals surface area contributed by atoms with Gasteiger partial charge >= 0.3 is 0 Å². The molecule has 1 aromatic rings. The average Bonchev–Trinajstić information content (AvgIpc) is 3.27. The molecule has 0 bridgehead atoms. The number of carbonyl (C=O) groups excluding carboxylic acids is 3. The van der Waals surface area contributed by atoms with Crippen LogP contribution < -0.4 is 10.6 Å². The maximum Gasteiger partial charge on any atom is 0.255 e. The Balaban J connectivity index is 1.35. The Hall–Kier alpha value is -2.29. The summed E-state index contributed by atoms with van der Waals surface area (Å²) in [4.78, 5) is 41.0. The molecule has 3 fully saturated rings. The van der Waals surface area contributed by atoms with E-state index in [1.807, 2.05) is 18.2 Å². The quantitative estimate of drug-likeness (QED) is 0.698. The van der Waals surface area contributed by atoms with Crippen LogP contribution in [0, 0.1) is 0 Å². The molecule has 5 rings (SSSR count). The van der Waals surface area contributed by atoms with Crippen LogP contribution in [-0.4, -0.2) is 72.0 Å². The van der Waals surface area contributed by atoms with Crippen LogP contribution in [0.3, 0.4) is 0 Å². The summed E-state index contributed by atoms with van der Waals surface area (Å²) in [6.07, 6.45) is 1.67. The van der Waals surface area contributed by atoms with Crippen LogP contribution in [0.25, 0.3) is 0 Å². The highest BCUT2D eigenvalue weighted by Gasteiger charge is 2.42. The molecule has 0 aromatic heterocycles. The first kappa shape index (κ1) is 18.7. The molecular formula is C21H26N4O4. The molecule has 0 radical (unpaired) electrons. The maximum absolute atomic E-state index is 13.2. The van der Waals surface area contributed by atoms with Crippen LogP contribution in [0.4, 0.5) is 0 Å². The van der Waals surface area contributed by atoms with Gasteiger partial charge in [-0.25, -0.2) is 0 Å². The zero-order chi connectivity index (χ0) is 20.0. The first-order chi connectivity index (χ1) is 14.0. The smallest absolute Gasteiger partial charge is 0.255 e. The molecule has 3 amide bonds. The van der Waals surface area contributed by atoms with Gasteiger partial charge in [0.2, 0.25) is 11.8 Å². The summed E-state index contributed by atoms with van der Waals surface area (Å²) in [5.74, 6) is -0.734. The van der Waals surface area contributed by atoms with Crippen LogP contribution in [0.2, 0.25) is 0 Å². The molecule has 4 heterocycles. The fourth-order valence-electron chi connectivity index (χ4n) is 5.10. The van der Waals surface area contributed by atoms with Gasteiger partial charge in [-0.05, 0) is 30.5 Å². The third-order valence-electron chi connectivity index (χ3n) is 6.56. The summed E-state index contributed by atoms with van der Waals surface area (Å²) >= 11 is 0. The van der Waals surface area contributed by atoms with Crippen molar-refractivity contribution in [2.45, 2.75) is 44.0 Å². The summed E-state index contributed by atoms with van der Waals surface area (Å²) < 4.78 is 6.07. The predicted molar refractivity (Wildman–Crippen MR) is 104 cm³/mol. The normalized spacial score (nSPS) is 30.1. The number of benzene rings is 1. The van der Waals surface area contributed by atoms with Crippen molar-refractivity contribution in [1.29, 1.82) is 0 Å². The monoisotopic (exact) mass is 398 g/mol. The first-order valence-electron chi connectivity index (χ1n) is 10.4. The van der Waals surface area contributed by atoms with E-state index in [1.165, 1.54) is 0 Å². The summed E-state index contributed by atoms with van der Waals surface area (Å²) in [6.45, 7) is 5.37. The van der Waals surface area contributed by atoms with E-state index in [0.717, 1.165) is 49.3 Å². The van der Waals surface area contributed by atoms with Gasteiger partial charge in [0.25, 0.3) is 5.91 Å². The molecular weight excluding hydrogens is 372 g/mol. The number of imide groups is 1. The van der Waals surface area contributed by atoms with Gasteiger partial charge in [0.1, 0.15) is 6.04 Å². The number of nitrogens with zero attached hydrogens (tertiary/aromatic N) is 2. The standard InChI is InChI=1S/C21H26N4O4/c26-17-5-4-16(19(27)23-17)25-11-15-3-1-2-14(18(15)20(25)28)10-24-8-9-29-21(13-24)6-7-22-12-21/h1-3,16,22H,4-13H2,(H,23,26,27). The molecule has 8 nitrogen and oxygen atoms in total. The Bertz CT molecular complexity index is 864. The molecule has 3 saturated heterocycles. The minimum atomic E-state index is -0.573. The van der Waals surface area contributed by atoms with Gasteiger partial charge in [-0.1, -0.05) is 18.2 Å². The molecule has 0 saturated carbocycles. The Labute approximate surface area is 169 Å². The van der Waals surface area contributed by atoms with E-state index >= 15 is 0 Å². The van der Waals surface area contributed by atoms with E-state index in [-0.39, 0.29) is 29.7 Å². The fraction of sp³-hybridized carbons (Fsp3) is 0.571. The van der Waals surface area contributed by atoms with Crippen LogP contribution in [0.1, 0.15) is 40.7 Å². The maximum atomic E-state index is 13.2. The Morgan fingerprint density at radius 1 is 1.24 bits per heavy atom. The number of hydrogen-bond donors (Lipinski definition) is 2. The first-order valence-corrected chi connectivity index (χ1v) is 10.4. The van der Waals surface area contributed by atoms with Gasteiger partial charge in [-0.2, -0.15) is 0 Å². The Morgan fingerprint density at radius 3 is 2.93 bits per heavy atom. The highest BCUT2D eigenvalue weighted by Crippen LogP contribution is 2.32. The van der Waals surface area contributed by atoms with Crippen molar-refractivity contribution in [3.8, 4) is 0 Å². The molecule has 2 atom stereocenters. The zero-order valence-corrected chi connectivity index (χ0v) is 16.4. The molecule has 29 heavy (non-hydrogen) atoms. The number of carbonyl (C=O) groups is 3. The second-order valence-electron chi connectivity index (χ2n) is 8.52. The largest absolute Gasteiger partial charge is 0.371 e. The van der Waals surface area contributed by atoms with E-state index in [4.69, 9.17) is 4.74 Å². The minimum Gasteiger partial charge on any atom is -0.371 e. The predicted octanol–water partition coefficient (Wildman–Crippen LogP) is 0.0119. The third kappa shape index (κ3) is 3.35. The topological polar surface area (TPSA) is 91.0 Å². The average molecular weight is 398 g/mol. The van der Waals surface area contributed by atoms with Crippen LogP contribution >= 0.6 is 0 Å². The number of piperidine rings is 1. The SMILES string of the molecule is O=C1CCC(N2Cc3cccc(CN4CCOC5(CCNC5)C4)c3C2=O)C(=O)N1. The van der Waals surface area contributed by atoms with Gasteiger partial charge < -0.3 is 15.0 Å². The number of hydrogen-bond acceptors (Lipinski definition) is 6. The zero-order valence-electron chi connectivity index (χ0n) is 16.4. The third-order valence-corrected chi connectivity index (χ3v) is 6.56. The molecule has 4 aliphatic rings. The van der Waals surface area contributed by atoms with E-state index in [9.17, 15) is 14.4 Å². The van der Waals surface area contributed by atoms with Gasteiger partial charge in [-0.3, -0.25) is 24.6 Å². The van der Waals surface area contributed by atoms with Crippen LogP contribution in [0.5, 0.6) is 0 Å². The number of morpholine rings is 1. The van der Waals surface area contributed by atoms with Crippen molar-refractivity contribution >= 4 is 17.7 Å². The molecule has 8 heteroatoms. The van der Waals surface area contributed by atoms with Crippen molar-refractivity contribution in [2.75, 3.05) is 32.8 Å². The van der Waals surface area contributed by atoms with Gasteiger partial charge in [0.05, 0.1) is 12.2 Å². The highest BCUT2D eigenvalue weighted by atomic mass is 16.5. The highest BCUT2D eigenvalue weighted by molar-refractivity contribution is 6.05. The lowest BCUT2D eigenvalue weighted by Crippen LogP contribution is -2.53. The molecule has 154 valence electrons. The number of nitrogens with one attached hydrogen (secondary N) is 2. The molecule has 4 aliphatic heterocycles. The van der Waals surface area contributed by atoms with E-state index in [1.54, 1.807) is 4.90 Å². The number of amides is 3. The number of ether oxygens (including phenoxy) is 1. The summed E-state index contributed by atoms with van der Waals surface area (Å²) in [5.41, 5.74) is 2.58. The fourth-order valence-corrected chi connectivity index (χ4v) is 5.10. The van der Waals surface area contributed by atoms with Gasteiger partial charge in [-0.15, -0.1) is 0 Å². The summed E-state index contributed by atoms with van der Waals surface area (Å²) in [7, 11) is 0. The van der Waals surface area contributed by atoms with Crippen LogP contribution in [0.15, 0.2) is 18.2 Å². The molecule has 1 aromatic carbocycles. The second kappa shape index (κ2) is 7.19. The minimum absolute atomic E-state index is 0.101. The lowest BCUT2D eigenvalue weighted by atomic mass is 9.98. The van der Waals surface area contributed by atoms with Crippen molar-refractivity contribution in [1.82, 2.24) is 20.4 Å².